The highest BCUT2D eigenvalue weighted by Gasteiger charge is 2.04. The van der Waals surface area contributed by atoms with E-state index in [1.165, 1.54) is 6.08 Å². The summed E-state index contributed by atoms with van der Waals surface area (Å²) in [6.07, 6.45) is 3.21. The summed E-state index contributed by atoms with van der Waals surface area (Å²) >= 11 is 6.03. The van der Waals surface area contributed by atoms with Crippen LogP contribution in [0.2, 0.25) is 5.02 Å². The Morgan fingerprint density at radius 2 is 1.96 bits per heavy atom. The van der Waals surface area contributed by atoms with Crippen LogP contribution in [0.5, 0.6) is 5.75 Å². The van der Waals surface area contributed by atoms with Crippen LogP contribution in [-0.4, -0.2) is 19.8 Å². The average molecular weight is 332 g/mol. The molecule has 0 radical (unpaired) electrons. The van der Waals surface area contributed by atoms with Gasteiger partial charge < -0.3 is 14.8 Å². The topological polar surface area (TPSA) is 47.6 Å². The molecule has 2 rings (SSSR count). The number of rotatable bonds is 6. The van der Waals surface area contributed by atoms with Crippen molar-refractivity contribution in [1.29, 1.82) is 0 Å². The highest BCUT2D eigenvalue weighted by Crippen LogP contribution is 2.23. The van der Waals surface area contributed by atoms with Gasteiger partial charge in [-0.15, -0.1) is 0 Å². The van der Waals surface area contributed by atoms with Crippen LogP contribution < -0.4 is 10.1 Å². The van der Waals surface area contributed by atoms with Crippen molar-refractivity contribution in [2.45, 2.75) is 6.92 Å². The highest BCUT2D eigenvalue weighted by atomic mass is 35.5. The maximum Gasteiger partial charge on any atom is 0.248 e. The van der Waals surface area contributed by atoms with Crippen LogP contribution in [0.1, 0.15) is 11.1 Å². The molecule has 0 saturated heterocycles. The highest BCUT2D eigenvalue weighted by molar-refractivity contribution is 6.31. The zero-order valence-electron chi connectivity index (χ0n) is 13.0. The third-order valence-electron chi connectivity index (χ3n) is 3.18. The molecule has 0 heterocycles. The smallest absolute Gasteiger partial charge is 0.248 e. The molecule has 5 heteroatoms. The van der Waals surface area contributed by atoms with Gasteiger partial charge in [-0.05, 0) is 48.4 Å². The molecule has 1 N–H and O–H groups in total. The van der Waals surface area contributed by atoms with E-state index in [0.29, 0.717) is 16.5 Å². The maximum atomic E-state index is 12.0. The number of anilines is 1. The molecule has 0 aliphatic carbocycles. The zero-order valence-corrected chi connectivity index (χ0v) is 13.8. The molecule has 0 fully saturated rings. The van der Waals surface area contributed by atoms with E-state index in [-0.39, 0.29) is 12.7 Å². The lowest BCUT2D eigenvalue weighted by Gasteiger charge is -2.07. The summed E-state index contributed by atoms with van der Waals surface area (Å²) < 4.78 is 10.1. The van der Waals surface area contributed by atoms with E-state index in [4.69, 9.17) is 21.1 Å². The van der Waals surface area contributed by atoms with Crippen molar-refractivity contribution in [3.8, 4) is 5.75 Å². The van der Waals surface area contributed by atoms with Crippen LogP contribution in [0.25, 0.3) is 6.08 Å². The SMILES string of the molecule is COCOc1ccc(/C=C/C(=O)Nc2cccc(Cl)c2C)cc1. The van der Waals surface area contributed by atoms with Gasteiger partial charge in [0.05, 0.1) is 0 Å². The number of carbonyl (C=O) groups excluding carboxylic acids is 1. The van der Waals surface area contributed by atoms with Crippen molar-refractivity contribution in [3.05, 3.63) is 64.7 Å². The summed E-state index contributed by atoms with van der Waals surface area (Å²) in [5.41, 5.74) is 2.44. The van der Waals surface area contributed by atoms with Crippen LogP contribution in [0.4, 0.5) is 5.69 Å². The lowest BCUT2D eigenvalue weighted by molar-refractivity contribution is -0.111. The maximum absolute atomic E-state index is 12.0. The number of ether oxygens (including phenoxy) is 2. The third-order valence-corrected chi connectivity index (χ3v) is 3.59. The Morgan fingerprint density at radius 1 is 1.22 bits per heavy atom. The molecule has 23 heavy (non-hydrogen) atoms. The number of benzene rings is 2. The molecule has 1 amide bonds. The van der Waals surface area contributed by atoms with Gasteiger partial charge in [0.1, 0.15) is 5.75 Å². The second-order valence-electron chi connectivity index (χ2n) is 4.85. The van der Waals surface area contributed by atoms with Crippen LogP contribution >= 0.6 is 11.6 Å². The molecule has 0 spiro atoms. The number of halogens is 1. The summed E-state index contributed by atoms with van der Waals surface area (Å²) in [7, 11) is 1.57. The van der Waals surface area contributed by atoms with Gasteiger partial charge in [0.25, 0.3) is 0 Å². The second-order valence-corrected chi connectivity index (χ2v) is 5.26. The van der Waals surface area contributed by atoms with E-state index >= 15 is 0 Å². The number of hydrogen-bond acceptors (Lipinski definition) is 3. The first kappa shape index (κ1) is 17.1. The molecule has 4 nitrogen and oxygen atoms in total. The summed E-state index contributed by atoms with van der Waals surface area (Å²) in [4.78, 5) is 12.0. The third kappa shape index (κ3) is 5.13. The minimum Gasteiger partial charge on any atom is -0.468 e. The summed E-state index contributed by atoms with van der Waals surface area (Å²) in [5.74, 6) is 0.498. The number of hydrogen-bond donors (Lipinski definition) is 1. The Balaban J connectivity index is 1.96. The lowest BCUT2D eigenvalue weighted by atomic mass is 10.2. The molecule has 0 aliphatic rings. The van der Waals surface area contributed by atoms with Crippen molar-refractivity contribution >= 4 is 29.3 Å². The van der Waals surface area contributed by atoms with Crippen LogP contribution in [0.15, 0.2) is 48.5 Å². The molecule has 2 aromatic rings. The molecule has 2 aromatic carbocycles. The summed E-state index contributed by atoms with van der Waals surface area (Å²) in [6, 6.07) is 12.8. The van der Waals surface area contributed by atoms with Crippen molar-refractivity contribution in [1.82, 2.24) is 0 Å². The Kier molecular flexibility index (Phi) is 6.20. The monoisotopic (exact) mass is 331 g/mol. The Hall–Kier alpha value is -2.30. The minimum atomic E-state index is -0.213. The fourth-order valence-corrected chi connectivity index (χ4v) is 2.07. The van der Waals surface area contributed by atoms with Gasteiger partial charge in [0.15, 0.2) is 6.79 Å². The number of nitrogens with one attached hydrogen (secondary N) is 1. The van der Waals surface area contributed by atoms with Gasteiger partial charge in [-0.25, -0.2) is 0 Å². The number of amides is 1. The summed E-state index contributed by atoms with van der Waals surface area (Å²) in [6.45, 7) is 2.07. The molecule has 120 valence electrons. The molecular weight excluding hydrogens is 314 g/mol. The Bertz CT molecular complexity index is 696. The molecular formula is C18H18ClNO3. The molecule has 0 aliphatic heterocycles. The van der Waals surface area contributed by atoms with E-state index in [9.17, 15) is 4.79 Å². The predicted octanol–water partition coefficient (Wildman–Crippen LogP) is 4.28. The van der Waals surface area contributed by atoms with E-state index in [1.54, 1.807) is 25.3 Å². The second kappa shape index (κ2) is 8.36. The zero-order chi connectivity index (χ0) is 16.7. The van der Waals surface area contributed by atoms with E-state index in [1.807, 2.05) is 37.3 Å². The standard InChI is InChI=1S/C18H18ClNO3/c1-13-16(19)4-3-5-17(13)20-18(21)11-8-14-6-9-15(10-7-14)23-12-22-2/h3-11H,12H2,1-2H3,(H,20,21)/b11-8+. The molecule has 0 atom stereocenters. The first-order chi connectivity index (χ1) is 11.1. The van der Waals surface area contributed by atoms with Crippen LogP contribution in [0, 0.1) is 6.92 Å². The molecule has 0 unspecified atom stereocenters. The number of methoxy groups -OCH3 is 1. The van der Waals surface area contributed by atoms with Gasteiger partial charge in [-0.1, -0.05) is 29.8 Å². The lowest BCUT2D eigenvalue weighted by Crippen LogP contribution is -2.08. The fourth-order valence-electron chi connectivity index (χ4n) is 1.89. The minimum absolute atomic E-state index is 0.205. The van der Waals surface area contributed by atoms with Crippen molar-refractivity contribution < 1.29 is 14.3 Å². The fraction of sp³-hybridized carbons (Fsp3) is 0.167. The normalized spacial score (nSPS) is 10.7. The van der Waals surface area contributed by atoms with Gasteiger partial charge in [0, 0.05) is 23.9 Å². The van der Waals surface area contributed by atoms with E-state index in [0.717, 1.165) is 11.1 Å². The van der Waals surface area contributed by atoms with Gasteiger partial charge in [-0.2, -0.15) is 0 Å². The number of carbonyl (C=O) groups is 1. The first-order valence-corrected chi connectivity index (χ1v) is 7.44. The molecule has 0 bridgehead atoms. The van der Waals surface area contributed by atoms with Crippen molar-refractivity contribution in [3.63, 3.8) is 0 Å². The van der Waals surface area contributed by atoms with Gasteiger partial charge in [-0.3, -0.25) is 4.79 Å². The van der Waals surface area contributed by atoms with Gasteiger partial charge >= 0.3 is 0 Å². The van der Waals surface area contributed by atoms with E-state index in [2.05, 4.69) is 5.32 Å². The van der Waals surface area contributed by atoms with Crippen LogP contribution in [0.3, 0.4) is 0 Å². The predicted molar refractivity (Wildman–Crippen MR) is 92.8 cm³/mol. The summed E-state index contributed by atoms with van der Waals surface area (Å²) in [5, 5.41) is 3.43. The van der Waals surface area contributed by atoms with Crippen molar-refractivity contribution in [2.75, 3.05) is 19.2 Å². The molecule has 0 aromatic heterocycles. The average Bonchev–Trinajstić information content (AvgIpc) is 2.56. The first-order valence-electron chi connectivity index (χ1n) is 7.06. The molecule has 0 saturated carbocycles. The van der Waals surface area contributed by atoms with Gasteiger partial charge in [0.2, 0.25) is 5.91 Å². The van der Waals surface area contributed by atoms with Crippen LogP contribution in [-0.2, 0) is 9.53 Å². The Labute approximate surface area is 140 Å². The largest absolute Gasteiger partial charge is 0.468 e. The van der Waals surface area contributed by atoms with Crippen molar-refractivity contribution in [2.24, 2.45) is 0 Å². The van der Waals surface area contributed by atoms with E-state index < -0.39 is 0 Å². The quantitative estimate of drug-likeness (QED) is 0.634. The Morgan fingerprint density at radius 3 is 2.65 bits per heavy atom.